The molecule has 31 heavy (non-hydrogen) atoms. The average Bonchev–Trinajstić information content (AvgIpc) is 2.97. The molecule has 0 aromatic heterocycles. The Labute approximate surface area is 186 Å². The zero-order valence-electron chi connectivity index (χ0n) is 18.8. The molecule has 0 atom stereocenters. The summed E-state index contributed by atoms with van der Waals surface area (Å²) >= 11 is 0. The number of carbonyl (C=O) groups excluding carboxylic acids is 1. The molecule has 1 fully saturated rings. The van der Waals surface area contributed by atoms with Crippen molar-refractivity contribution >= 4 is 23.0 Å². The van der Waals surface area contributed by atoms with Crippen molar-refractivity contribution in [3.8, 4) is 0 Å². The number of piperidine rings is 1. The van der Waals surface area contributed by atoms with Gasteiger partial charge in [-0.3, -0.25) is 4.79 Å². The minimum atomic E-state index is 0.0417. The lowest BCUT2D eigenvalue weighted by molar-refractivity contribution is 0.0987. The van der Waals surface area contributed by atoms with Gasteiger partial charge >= 0.3 is 0 Å². The maximum atomic E-state index is 13.3. The highest BCUT2D eigenvalue weighted by Gasteiger charge is 2.26. The van der Waals surface area contributed by atoms with Crippen LogP contribution >= 0.6 is 0 Å². The number of nitrogens with two attached hydrogens (primary N) is 1. The molecular formula is C25H35N5O. The predicted octanol–water partition coefficient (Wildman–Crippen LogP) is 3.15. The maximum Gasteiger partial charge on any atom is 0.258 e. The van der Waals surface area contributed by atoms with Crippen molar-refractivity contribution in [2.24, 2.45) is 0 Å². The van der Waals surface area contributed by atoms with Gasteiger partial charge in [-0.15, -0.1) is 0 Å². The molecule has 0 bridgehead atoms. The highest BCUT2D eigenvalue weighted by atomic mass is 16.2. The van der Waals surface area contributed by atoms with Gasteiger partial charge in [0.2, 0.25) is 0 Å². The van der Waals surface area contributed by atoms with E-state index in [0.717, 1.165) is 44.0 Å². The largest absolute Gasteiger partial charge is 0.399 e. The quantitative estimate of drug-likeness (QED) is 0.752. The molecule has 1 saturated heterocycles. The number of anilines is 3. The van der Waals surface area contributed by atoms with Gasteiger partial charge in [-0.1, -0.05) is 12.1 Å². The fraction of sp³-hybridized carbons (Fsp3) is 0.480. The molecule has 2 aromatic rings. The van der Waals surface area contributed by atoms with Crippen LogP contribution in [0.15, 0.2) is 48.5 Å². The molecule has 6 nitrogen and oxygen atoms in total. The highest BCUT2D eigenvalue weighted by Crippen LogP contribution is 2.33. The van der Waals surface area contributed by atoms with Gasteiger partial charge in [0, 0.05) is 43.5 Å². The predicted molar refractivity (Wildman–Crippen MR) is 129 cm³/mol. The number of rotatable bonds is 5. The van der Waals surface area contributed by atoms with Gasteiger partial charge in [-0.2, -0.15) is 0 Å². The molecule has 0 spiro atoms. The number of carbonyl (C=O) groups is 1. The third-order valence-corrected chi connectivity index (χ3v) is 6.70. The molecule has 0 radical (unpaired) electrons. The Morgan fingerprint density at radius 2 is 1.61 bits per heavy atom. The molecule has 4 rings (SSSR count). The number of nitrogen functional groups attached to an aromatic ring is 1. The lowest BCUT2D eigenvalue weighted by Crippen LogP contribution is -2.44. The Hall–Kier alpha value is -2.57. The van der Waals surface area contributed by atoms with Gasteiger partial charge in [-0.25, -0.2) is 0 Å². The third kappa shape index (κ3) is 5.02. The van der Waals surface area contributed by atoms with E-state index in [2.05, 4.69) is 47.0 Å². The number of hydrogen-bond acceptors (Lipinski definition) is 5. The number of likely N-dealkylation sites (tertiary alicyclic amines) is 1. The standard InChI is InChI=1S/C25H35N5O/c1-27(2)22-12-16-28(17-13-22)18-19-29-14-5-15-30(24-7-4-3-6-23(24)29)25(31)20-8-10-21(26)11-9-20/h3-4,6-11,22H,5,12-19,26H2,1-2H3. The fourth-order valence-electron chi connectivity index (χ4n) is 4.77. The van der Waals surface area contributed by atoms with Crippen LogP contribution in [0.5, 0.6) is 0 Å². The van der Waals surface area contributed by atoms with E-state index in [0.29, 0.717) is 17.3 Å². The number of benzene rings is 2. The van der Waals surface area contributed by atoms with Crippen LogP contribution in [0.25, 0.3) is 0 Å². The topological polar surface area (TPSA) is 56.0 Å². The first kappa shape index (κ1) is 21.7. The summed E-state index contributed by atoms with van der Waals surface area (Å²) in [7, 11) is 4.37. The molecule has 0 aliphatic carbocycles. The Morgan fingerprint density at radius 3 is 2.29 bits per heavy atom. The summed E-state index contributed by atoms with van der Waals surface area (Å²) in [5.74, 6) is 0.0417. The smallest absolute Gasteiger partial charge is 0.258 e. The molecule has 166 valence electrons. The summed E-state index contributed by atoms with van der Waals surface area (Å²) in [6.07, 6.45) is 3.44. The van der Waals surface area contributed by atoms with Crippen molar-refractivity contribution in [3.05, 3.63) is 54.1 Å². The number of hydrogen-bond donors (Lipinski definition) is 1. The molecule has 0 unspecified atom stereocenters. The third-order valence-electron chi connectivity index (χ3n) is 6.70. The van der Waals surface area contributed by atoms with E-state index in [9.17, 15) is 4.79 Å². The van der Waals surface area contributed by atoms with E-state index < -0.39 is 0 Å². The van der Waals surface area contributed by atoms with E-state index >= 15 is 0 Å². The van der Waals surface area contributed by atoms with Crippen molar-refractivity contribution in [3.63, 3.8) is 0 Å². The van der Waals surface area contributed by atoms with E-state index in [1.54, 1.807) is 12.1 Å². The second kappa shape index (κ2) is 9.71. The van der Waals surface area contributed by atoms with Crippen molar-refractivity contribution < 1.29 is 4.79 Å². The second-order valence-electron chi connectivity index (χ2n) is 8.94. The lowest BCUT2D eigenvalue weighted by atomic mass is 10.0. The van der Waals surface area contributed by atoms with E-state index in [-0.39, 0.29) is 5.91 Å². The van der Waals surface area contributed by atoms with Crippen LogP contribution < -0.4 is 15.5 Å². The van der Waals surface area contributed by atoms with Gasteiger partial charge in [0.1, 0.15) is 0 Å². The van der Waals surface area contributed by atoms with Crippen molar-refractivity contribution in [2.75, 3.05) is 68.9 Å². The first-order chi connectivity index (χ1) is 15.0. The van der Waals surface area contributed by atoms with Crippen LogP contribution in [0.3, 0.4) is 0 Å². The molecule has 2 heterocycles. The number of para-hydroxylation sites is 2. The average molecular weight is 422 g/mol. The van der Waals surface area contributed by atoms with E-state index in [1.165, 1.54) is 25.9 Å². The van der Waals surface area contributed by atoms with Crippen molar-refractivity contribution in [1.82, 2.24) is 9.80 Å². The van der Waals surface area contributed by atoms with Crippen LogP contribution in [-0.4, -0.2) is 75.1 Å². The van der Waals surface area contributed by atoms with Gasteiger partial charge in [0.05, 0.1) is 11.4 Å². The van der Waals surface area contributed by atoms with Crippen LogP contribution in [0.4, 0.5) is 17.1 Å². The molecule has 6 heteroatoms. The van der Waals surface area contributed by atoms with Crippen LogP contribution in [0.2, 0.25) is 0 Å². The molecule has 1 amide bonds. The molecule has 2 aliphatic heterocycles. The minimum Gasteiger partial charge on any atom is -0.399 e. The lowest BCUT2D eigenvalue weighted by Gasteiger charge is -2.36. The van der Waals surface area contributed by atoms with Gasteiger partial charge < -0.3 is 25.3 Å². The summed E-state index contributed by atoms with van der Waals surface area (Å²) in [6, 6.07) is 16.3. The van der Waals surface area contributed by atoms with Crippen LogP contribution in [0.1, 0.15) is 29.6 Å². The van der Waals surface area contributed by atoms with Crippen LogP contribution in [-0.2, 0) is 0 Å². The molecule has 2 N–H and O–H groups in total. The van der Waals surface area contributed by atoms with Crippen molar-refractivity contribution in [2.45, 2.75) is 25.3 Å². The monoisotopic (exact) mass is 421 g/mol. The summed E-state index contributed by atoms with van der Waals surface area (Å²) in [6.45, 7) is 6.09. The second-order valence-corrected chi connectivity index (χ2v) is 8.94. The fourth-order valence-corrected chi connectivity index (χ4v) is 4.77. The van der Waals surface area contributed by atoms with E-state index in [1.807, 2.05) is 23.1 Å². The Kier molecular flexibility index (Phi) is 6.78. The van der Waals surface area contributed by atoms with Crippen molar-refractivity contribution in [1.29, 1.82) is 0 Å². The summed E-state index contributed by atoms with van der Waals surface area (Å²) in [4.78, 5) is 22.6. The van der Waals surface area contributed by atoms with Gasteiger partial charge in [0.15, 0.2) is 0 Å². The minimum absolute atomic E-state index is 0.0417. The van der Waals surface area contributed by atoms with E-state index in [4.69, 9.17) is 5.73 Å². The summed E-state index contributed by atoms with van der Waals surface area (Å²) in [5, 5.41) is 0. The first-order valence-corrected chi connectivity index (χ1v) is 11.4. The molecule has 2 aliphatic rings. The zero-order chi connectivity index (χ0) is 21.8. The number of nitrogens with zero attached hydrogens (tertiary/aromatic N) is 4. The zero-order valence-corrected chi connectivity index (χ0v) is 18.8. The number of fused-ring (bicyclic) bond motifs is 1. The Morgan fingerprint density at radius 1 is 0.935 bits per heavy atom. The Bertz CT molecular complexity index is 874. The normalized spacial score (nSPS) is 18.2. The maximum absolute atomic E-state index is 13.3. The molecule has 2 aromatic carbocycles. The number of amides is 1. The molecule has 0 saturated carbocycles. The Balaban J connectivity index is 1.46. The first-order valence-electron chi connectivity index (χ1n) is 11.4. The molecular weight excluding hydrogens is 386 g/mol. The van der Waals surface area contributed by atoms with Gasteiger partial charge in [-0.05, 0) is 82.8 Å². The summed E-state index contributed by atoms with van der Waals surface area (Å²) in [5.41, 5.74) is 9.33. The van der Waals surface area contributed by atoms with Crippen LogP contribution in [0, 0.1) is 0 Å². The SMILES string of the molecule is CN(C)C1CCN(CCN2CCCN(C(=O)c3ccc(N)cc3)c3ccccc32)CC1. The highest BCUT2D eigenvalue weighted by molar-refractivity contribution is 6.08. The van der Waals surface area contributed by atoms with Gasteiger partial charge in [0.25, 0.3) is 5.91 Å². The summed E-state index contributed by atoms with van der Waals surface area (Å²) < 4.78 is 0.